The number of carbonyl (C=O) groups is 3. The summed E-state index contributed by atoms with van der Waals surface area (Å²) in [5.41, 5.74) is 3.60. The summed E-state index contributed by atoms with van der Waals surface area (Å²) in [6.07, 6.45) is 0. The van der Waals surface area contributed by atoms with Crippen molar-refractivity contribution in [2.24, 2.45) is 0 Å². The fraction of sp³-hybridized carbons (Fsp3) is 0.154. The first-order valence-corrected chi connectivity index (χ1v) is 10.9. The first-order valence-electron chi connectivity index (χ1n) is 10.9. The van der Waals surface area contributed by atoms with Gasteiger partial charge in [-0.1, -0.05) is 54.1 Å². The Kier molecular flexibility index (Phi) is 5.13. The summed E-state index contributed by atoms with van der Waals surface area (Å²) in [7, 11) is 0. The highest BCUT2D eigenvalue weighted by molar-refractivity contribution is 6.10. The van der Waals surface area contributed by atoms with Gasteiger partial charge in [0.25, 0.3) is 5.91 Å². The lowest BCUT2D eigenvalue weighted by atomic mass is 9.91. The molecule has 3 N–H and O–H groups in total. The molecule has 0 radical (unpaired) electrons. The maximum absolute atomic E-state index is 13.1. The first-order chi connectivity index (χ1) is 16.3. The molecule has 1 atom stereocenters. The van der Waals surface area contributed by atoms with Crippen molar-refractivity contribution in [3.05, 3.63) is 83.9 Å². The Morgan fingerprint density at radius 2 is 1.79 bits per heavy atom. The van der Waals surface area contributed by atoms with Crippen LogP contribution in [0.3, 0.4) is 0 Å². The minimum atomic E-state index is -1.22. The molecule has 8 nitrogen and oxygen atoms in total. The third-order valence-electron chi connectivity index (χ3n) is 6.01. The molecule has 4 aromatic rings. The number of nitrogens with zero attached hydrogens (tertiary/aromatic N) is 2. The van der Waals surface area contributed by atoms with Gasteiger partial charge in [-0.2, -0.15) is 0 Å². The van der Waals surface area contributed by atoms with Gasteiger partial charge in [0, 0.05) is 11.3 Å². The first kappa shape index (κ1) is 21.4. The molecule has 1 saturated heterocycles. The van der Waals surface area contributed by atoms with Crippen molar-refractivity contribution in [1.82, 2.24) is 20.2 Å². The highest BCUT2D eigenvalue weighted by Crippen LogP contribution is 2.29. The highest BCUT2D eigenvalue weighted by atomic mass is 16.2. The average Bonchev–Trinajstić information content (AvgIpc) is 3.35. The smallest absolute Gasteiger partial charge is 0.325 e. The van der Waals surface area contributed by atoms with Crippen LogP contribution in [0.1, 0.15) is 18.1 Å². The van der Waals surface area contributed by atoms with Crippen molar-refractivity contribution in [3.63, 3.8) is 0 Å². The third kappa shape index (κ3) is 3.79. The summed E-state index contributed by atoms with van der Waals surface area (Å²) in [6.45, 7) is 3.20. The van der Waals surface area contributed by atoms with Crippen molar-refractivity contribution in [2.45, 2.75) is 19.4 Å². The third-order valence-corrected chi connectivity index (χ3v) is 6.01. The lowest BCUT2D eigenvalue weighted by molar-refractivity contribution is -0.133. The molecule has 1 aromatic heterocycles. The van der Waals surface area contributed by atoms with Crippen LogP contribution in [0, 0.1) is 6.92 Å². The van der Waals surface area contributed by atoms with Crippen LogP contribution in [0.2, 0.25) is 0 Å². The van der Waals surface area contributed by atoms with Crippen molar-refractivity contribution in [2.75, 3.05) is 11.9 Å². The van der Waals surface area contributed by atoms with E-state index in [2.05, 4.69) is 20.6 Å². The molecule has 1 aliphatic rings. The summed E-state index contributed by atoms with van der Waals surface area (Å²) in [4.78, 5) is 47.2. The Balaban J connectivity index is 1.30. The normalized spacial score (nSPS) is 17.8. The number of fused-ring (bicyclic) bond motifs is 1. The number of imidazole rings is 1. The van der Waals surface area contributed by atoms with E-state index in [0.717, 1.165) is 27.1 Å². The van der Waals surface area contributed by atoms with Gasteiger partial charge in [-0.3, -0.25) is 14.5 Å². The fourth-order valence-electron chi connectivity index (χ4n) is 4.10. The Morgan fingerprint density at radius 1 is 1.03 bits per heavy atom. The number of urea groups is 1. The van der Waals surface area contributed by atoms with Gasteiger partial charge in [-0.15, -0.1) is 0 Å². The second-order valence-corrected chi connectivity index (χ2v) is 8.54. The number of aryl methyl sites for hydroxylation is 1. The summed E-state index contributed by atoms with van der Waals surface area (Å²) < 4.78 is 0. The van der Waals surface area contributed by atoms with Gasteiger partial charge in [0.2, 0.25) is 5.91 Å². The van der Waals surface area contributed by atoms with E-state index in [1.54, 1.807) is 37.3 Å². The molecule has 8 heteroatoms. The Labute approximate surface area is 196 Å². The monoisotopic (exact) mass is 453 g/mol. The van der Waals surface area contributed by atoms with Crippen LogP contribution in [0.25, 0.3) is 22.4 Å². The van der Waals surface area contributed by atoms with E-state index in [1.165, 1.54) is 0 Å². The van der Waals surface area contributed by atoms with Gasteiger partial charge in [0.1, 0.15) is 17.9 Å². The van der Waals surface area contributed by atoms with Gasteiger partial charge in [-0.05, 0) is 43.7 Å². The van der Waals surface area contributed by atoms with Crippen LogP contribution >= 0.6 is 0 Å². The van der Waals surface area contributed by atoms with Crippen LogP contribution < -0.4 is 10.6 Å². The van der Waals surface area contributed by atoms with Crippen molar-refractivity contribution < 1.29 is 14.4 Å². The molecule has 0 spiro atoms. The van der Waals surface area contributed by atoms with Crippen molar-refractivity contribution >= 4 is 34.6 Å². The molecule has 4 amide bonds. The number of aromatic amines is 1. The second-order valence-electron chi connectivity index (χ2n) is 8.54. The summed E-state index contributed by atoms with van der Waals surface area (Å²) in [5.74, 6) is -0.258. The molecule has 5 rings (SSSR count). The second kappa shape index (κ2) is 8.15. The molecule has 2 heterocycles. The molecule has 34 heavy (non-hydrogen) atoms. The number of imide groups is 1. The van der Waals surface area contributed by atoms with Crippen LogP contribution in [0.5, 0.6) is 0 Å². The van der Waals surface area contributed by atoms with Crippen LogP contribution in [-0.4, -0.2) is 39.3 Å². The van der Waals surface area contributed by atoms with Gasteiger partial charge < -0.3 is 15.6 Å². The van der Waals surface area contributed by atoms with E-state index in [-0.39, 0.29) is 6.54 Å². The molecule has 0 saturated carbocycles. The number of rotatable bonds is 5. The minimum absolute atomic E-state index is 0.388. The maximum Gasteiger partial charge on any atom is 0.325 e. The largest absolute Gasteiger partial charge is 0.338 e. The van der Waals surface area contributed by atoms with Gasteiger partial charge in [0.05, 0.1) is 11.0 Å². The van der Waals surface area contributed by atoms with Crippen molar-refractivity contribution in [1.29, 1.82) is 0 Å². The molecule has 3 aromatic carbocycles. The molecular formula is C26H23N5O3. The highest BCUT2D eigenvalue weighted by Gasteiger charge is 2.49. The zero-order valence-electron chi connectivity index (χ0n) is 18.8. The predicted molar refractivity (Wildman–Crippen MR) is 129 cm³/mol. The van der Waals surface area contributed by atoms with E-state index in [4.69, 9.17) is 0 Å². The zero-order valence-corrected chi connectivity index (χ0v) is 18.8. The Morgan fingerprint density at radius 3 is 2.56 bits per heavy atom. The van der Waals surface area contributed by atoms with Crippen LogP contribution in [0.4, 0.5) is 10.5 Å². The molecule has 170 valence electrons. The minimum Gasteiger partial charge on any atom is -0.338 e. The Bertz CT molecular complexity index is 1390. The number of anilines is 1. The number of hydrogen-bond donors (Lipinski definition) is 3. The number of aromatic nitrogens is 2. The summed E-state index contributed by atoms with van der Waals surface area (Å²) in [5, 5.41) is 5.50. The number of benzene rings is 3. The molecule has 1 fully saturated rings. The average molecular weight is 454 g/mol. The molecule has 0 aliphatic carbocycles. The SMILES string of the molecule is Cc1ccc(C2(C)NC(=O)N(CC(=O)Nc3cccc(-c4nc5ccccc5[nH]4)c3)C2=O)cc1. The van der Waals surface area contributed by atoms with Crippen molar-refractivity contribution in [3.8, 4) is 11.4 Å². The van der Waals surface area contributed by atoms with E-state index in [1.807, 2.05) is 49.4 Å². The molecule has 1 aliphatic heterocycles. The summed E-state index contributed by atoms with van der Waals surface area (Å²) >= 11 is 0. The fourth-order valence-corrected chi connectivity index (χ4v) is 4.10. The van der Waals surface area contributed by atoms with E-state index in [0.29, 0.717) is 17.1 Å². The molecule has 0 bridgehead atoms. The van der Waals surface area contributed by atoms with E-state index < -0.39 is 23.4 Å². The topological polar surface area (TPSA) is 107 Å². The lowest BCUT2D eigenvalue weighted by Gasteiger charge is -2.22. The number of nitrogens with one attached hydrogen (secondary N) is 3. The van der Waals surface area contributed by atoms with Gasteiger partial charge in [-0.25, -0.2) is 9.78 Å². The molecule has 1 unspecified atom stereocenters. The van der Waals surface area contributed by atoms with Crippen LogP contribution in [-0.2, 0) is 15.1 Å². The number of H-pyrrole nitrogens is 1. The summed E-state index contributed by atoms with van der Waals surface area (Å²) in [6, 6.07) is 21.7. The number of carbonyl (C=O) groups excluding carboxylic acids is 3. The number of para-hydroxylation sites is 2. The zero-order chi connectivity index (χ0) is 23.9. The van der Waals surface area contributed by atoms with Gasteiger partial charge >= 0.3 is 6.03 Å². The maximum atomic E-state index is 13.1. The number of amides is 4. The number of hydrogen-bond acceptors (Lipinski definition) is 4. The van der Waals surface area contributed by atoms with Crippen LogP contribution in [0.15, 0.2) is 72.8 Å². The van der Waals surface area contributed by atoms with Gasteiger partial charge in [0.15, 0.2) is 0 Å². The predicted octanol–water partition coefficient (Wildman–Crippen LogP) is 3.94. The van der Waals surface area contributed by atoms with E-state index in [9.17, 15) is 14.4 Å². The molecular weight excluding hydrogens is 430 g/mol. The lowest BCUT2D eigenvalue weighted by Crippen LogP contribution is -2.42. The standard InChI is InChI=1S/C26H23N5O3/c1-16-10-12-18(13-11-16)26(2)24(33)31(25(34)30-26)15-22(32)27-19-7-5-6-17(14-19)23-28-20-8-3-4-9-21(20)29-23/h3-14H,15H2,1-2H3,(H,27,32)(H,28,29)(H,30,34). The Hall–Kier alpha value is -4.46. The van der Waals surface area contributed by atoms with E-state index >= 15 is 0 Å². The quantitative estimate of drug-likeness (QED) is 0.398.